The van der Waals surface area contributed by atoms with Gasteiger partial charge in [0.1, 0.15) is 0 Å². The topological polar surface area (TPSA) is 67.5 Å². The van der Waals surface area contributed by atoms with Gasteiger partial charge in [-0.15, -0.1) is 0 Å². The molecule has 0 aromatic heterocycles. The number of benzene rings is 2. The van der Waals surface area contributed by atoms with Crippen LogP contribution in [0.3, 0.4) is 0 Å². The number of hydrogen-bond donors (Lipinski definition) is 1. The summed E-state index contributed by atoms with van der Waals surface area (Å²) in [4.78, 5) is 10.0. The van der Waals surface area contributed by atoms with Gasteiger partial charge >= 0.3 is 0 Å². The summed E-state index contributed by atoms with van der Waals surface area (Å²) in [6.45, 7) is 0. The lowest BCUT2D eigenvalue weighted by Gasteiger charge is -2.01. The van der Waals surface area contributed by atoms with Crippen molar-refractivity contribution in [2.24, 2.45) is 5.10 Å². The largest absolute Gasteiger partial charge is 0.277 e. The van der Waals surface area contributed by atoms with Crippen molar-refractivity contribution in [3.63, 3.8) is 0 Å². The molecule has 0 radical (unpaired) electrons. The number of nitro groups is 1. The molecule has 96 valence electrons. The zero-order valence-electron chi connectivity index (χ0n) is 9.79. The standard InChI is InChI=1S/C13H10ClN3O2/c14-13(10-4-2-1-3-5-10)16-15-11-6-8-12(9-7-11)17(18)19/h1-9,15H/b16-13-. The fourth-order valence-electron chi connectivity index (χ4n) is 1.41. The second-order valence-electron chi connectivity index (χ2n) is 3.68. The molecule has 0 aliphatic carbocycles. The van der Waals surface area contributed by atoms with E-state index in [1.54, 1.807) is 12.1 Å². The van der Waals surface area contributed by atoms with E-state index in [2.05, 4.69) is 10.5 Å². The lowest BCUT2D eigenvalue weighted by molar-refractivity contribution is -0.384. The van der Waals surface area contributed by atoms with Crippen LogP contribution in [-0.4, -0.2) is 10.1 Å². The molecule has 0 bridgehead atoms. The maximum atomic E-state index is 10.5. The first-order valence-corrected chi connectivity index (χ1v) is 5.83. The minimum atomic E-state index is -0.454. The third-order valence-corrected chi connectivity index (χ3v) is 2.68. The van der Waals surface area contributed by atoms with E-state index in [0.29, 0.717) is 10.9 Å². The lowest BCUT2D eigenvalue weighted by atomic mass is 10.2. The summed E-state index contributed by atoms with van der Waals surface area (Å²) in [5, 5.41) is 14.8. The van der Waals surface area contributed by atoms with Crippen LogP contribution in [0.5, 0.6) is 0 Å². The monoisotopic (exact) mass is 275 g/mol. The normalized spacial score (nSPS) is 11.1. The minimum Gasteiger partial charge on any atom is -0.277 e. The van der Waals surface area contributed by atoms with Gasteiger partial charge in [0.2, 0.25) is 0 Å². The summed E-state index contributed by atoms with van der Waals surface area (Å²) in [5.74, 6) is 0. The van der Waals surface area contributed by atoms with Gasteiger partial charge in [0, 0.05) is 17.7 Å². The van der Waals surface area contributed by atoms with Gasteiger partial charge in [-0.3, -0.25) is 15.5 Å². The summed E-state index contributed by atoms with van der Waals surface area (Å²) >= 11 is 6.02. The first-order valence-electron chi connectivity index (χ1n) is 5.46. The molecule has 0 saturated heterocycles. The molecule has 0 fully saturated rings. The second-order valence-corrected chi connectivity index (χ2v) is 4.04. The van der Waals surface area contributed by atoms with Crippen molar-refractivity contribution in [2.75, 3.05) is 5.43 Å². The zero-order valence-corrected chi connectivity index (χ0v) is 10.5. The molecule has 1 N–H and O–H groups in total. The number of nitrogens with one attached hydrogen (secondary N) is 1. The SMILES string of the molecule is O=[N+]([O-])c1ccc(N/N=C(\Cl)c2ccccc2)cc1. The highest BCUT2D eigenvalue weighted by atomic mass is 35.5. The molecule has 2 rings (SSSR count). The number of hydrazone groups is 1. The summed E-state index contributed by atoms with van der Waals surface area (Å²) < 4.78 is 0. The average molecular weight is 276 g/mol. The van der Waals surface area contributed by atoms with Crippen molar-refractivity contribution < 1.29 is 4.92 Å². The first kappa shape index (κ1) is 13.0. The molecule has 19 heavy (non-hydrogen) atoms. The van der Waals surface area contributed by atoms with Gasteiger partial charge in [0.15, 0.2) is 5.17 Å². The van der Waals surface area contributed by atoms with Crippen LogP contribution in [0.2, 0.25) is 0 Å². The third-order valence-electron chi connectivity index (χ3n) is 2.37. The van der Waals surface area contributed by atoms with Crippen LogP contribution in [0.4, 0.5) is 11.4 Å². The van der Waals surface area contributed by atoms with E-state index in [-0.39, 0.29) is 5.69 Å². The Bertz CT molecular complexity index is 597. The molecular formula is C13H10ClN3O2. The Hall–Kier alpha value is -2.40. The highest BCUT2D eigenvalue weighted by molar-refractivity contribution is 6.69. The first-order chi connectivity index (χ1) is 9.16. The average Bonchev–Trinajstić information content (AvgIpc) is 2.46. The smallest absolute Gasteiger partial charge is 0.269 e. The number of anilines is 1. The van der Waals surface area contributed by atoms with Crippen LogP contribution in [0, 0.1) is 10.1 Å². The third kappa shape index (κ3) is 3.53. The number of non-ortho nitro benzene ring substituents is 1. The van der Waals surface area contributed by atoms with Crippen molar-refractivity contribution >= 4 is 28.1 Å². The molecule has 0 aliphatic heterocycles. The Morgan fingerprint density at radius 1 is 1.11 bits per heavy atom. The maximum absolute atomic E-state index is 10.5. The van der Waals surface area contributed by atoms with E-state index >= 15 is 0 Å². The second kappa shape index (κ2) is 5.97. The van der Waals surface area contributed by atoms with Gasteiger partial charge in [0.25, 0.3) is 5.69 Å². The number of halogens is 1. The van der Waals surface area contributed by atoms with Crippen molar-refractivity contribution in [1.29, 1.82) is 0 Å². The Balaban J connectivity index is 2.08. The molecule has 0 aliphatic rings. The molecule has 0 unspecified atom stereocenters. The molecule has 0 spiro atoms. The fraction of sp³-hybridized carbons (Fsp3) is 0. The Kier molecular flexibility index (Phi) is 4.10. The molecule has 0 atom stereocenters. The molecular weight excluding hydrogens is 266 g/mol. The minimum absolute atomic E-state index is 0.0312. The molecule has 2 aromatic carbocycles. The van der Waals surface area contributed by atoms with Gasteiger partial charge < -0.3 is 0 Å². The van der Waals surface area contributed by atoms with E-state index < -0.39 is 4.92 Å². The van der Waals surface area contributed by atoms with Crippen molar-refractivity contribution in [1.82, 2.24) is 0 Å². The number of hydrogen-bond acceptors (Lipinski definition) is 4. The van der Waals surface area contributed by atoms with Gasteiger partial charge in [-0.25, -0.2) is 0 Å². The number of nitrogens with zero attached hydrogens (tertiary/aromatic N) is 2. The molecule has 6 heteroatoms. The van der Waals surface area contributed by atoms with E-state index in [4.69, 9.17) is 11.6 Å². The van der Waals surface area contributed by atoms with Crippen molar-refractivity contribution in [3.8, 4) is 0 Å². The van der Waals surface area contributed by atoms with Crippen LogP contribution >= 0.6 is 11.6 Å². The molecule has 2 aromatic rings. The molecule has 5 nitrogen and oxygen atoms in total. The quantitative estimate of drug-likeness (QED) is 0.526. The molecule has 0 saturated carbocycles. The number of rotatable bonds is 4. The Morgan fingerprint density at radius 3 is 2.32 bits per heavy atom. The van der Waals surface area contributed by atoms with Crippen LogP contribution in [-0.2, 0) is 0 Å². The van der Waals surface area contributed by atoms with Crippen LogP contribution in [0.15, 0.2) is 59.7 Å². The lowest BCUT2D eigenvalue weighted by Crippen LogP contribution is -1.97. The predicted molar refractivity (Wildman–Crippen MR) is 75.6 cm³/mol. The van der Waals surface area contributed by atoms with Gasteiger partial charge in [-0.05, 0) is 12.1 Å². The summed E-state index contributed by atoms with van der Waals surface area (Å²) in [5.41, 5.74) is 4.19. The van der Waals surface area contributed by atoms with Gasteiger partial charge in [-0.2, -0.15) is 5.10 Å². The van der Waals surface area contributed by atoms with Gasteiger partial charge in [-0.1, -0.05) is 41.9 Å². The summed E-state index contributed by atoms with van der Waals surface area (Å²) in [6.07, 6.45) is 0. The van der Waals surface area contributed by atoms with Crippen LogP contribution in [0.1, 0.15) is 5.56 Å². The zero-order chi connectivity index (χ0) is 13.7. The van der Waals surface area contributed by atoms with Crippen molar-refractivity contribution in [2.45, 2.75) is 0 Å². The predicted octanol–water partition coefficient (Wildman–Crippen LogP) is 3.61. The van der Waals surface area contributed by atoms with Crippen molar-refractivity contribution in [3.05, 3.63) is 70.3 Å². The number of nitro benzene ring substituents is 1. The van der Waals surface area contributed by atoms with Crippen LogP contribution < -0.4 is 5.43 Å². The van der Waals surface area contributed by atoms with E-state index in [1.165, 1.54) is 12.1 Å². The van der Waals surface area contributed by atoms with E-state index in [9.17, 15) is 10.1 Å². The van der Waals surface area contributed by atoms with Crippen LogP contribution in [0.25, 0.3) is 0 Å². The molecule has 0 heterocycles. The fourth-order valence-corrected chi connectivity index (χ4v) is 1.58. The Labute approximate surface area is 114 Å². The highest BCUT2D eigenvalue weighted by Crippen LogP contribution is 2.15. The molecule has 0 amide bonds. The highest BCUT2D eigenvalue weighted by Gasteiger charge is 2.03. The summed E-state index contributed by atoms with van der Waals surface area (Å²) in [6, 6.07) is 15.2. The van der Waals surface area contributed by atoms with E-state index in [0.717, 1.165) is 5.56 Å². The summed E-state index contributed by atoms with van der Waals surface area (Å²) in [7, 11) is 0. The Morgan fingerprint density at radius 2 is 1.74 bits per heavy atom. The van der Waals surface area contributed by atoms with Gasteiger partial charge in [0.05, 0.1) is 10.6 Å². The van der Waals surface area contributed by atoms with E-state index in [1.807, 2.05) is 30.3 Å². The maximum Gasteiger partial charge on any atom is 0.269 e.